The largest absolute Gasteiger partial charge is 0.340 e. The van der Waals surface area contributed by atoms with E-state index < -0.39 is 0 Å². The zero-order valence-electron chi connectivity index (χ0n) is 14.7. The molecule has 0 bridgehead atoms. The molecule has 1 aliphatic carbocycles. The van der Waals surface area contributed by atoms with Crippen molar-refractivity contribution in [2.75, 3.05) is 33.2 Å². The van der Waals surface area contributed by atoms with E-state index >= 15 is 0 Å². The predicted molar refractivity (Wildman–Crippen MR) is 100 cm³/mol. The molecule has 0 atom stereocenters. The minimum Gasteiger partial charge on any atom is -0.340 e. The number of nitrogens with zero attached hydrogens (tertiary/aromatic N) is 2. The lowest BCUT2D eigenvalue weighted by Crippen LogP contribution is -2.63. The Morgan fingerprint density at radius 1 is 1.21 bits per heavy atom. The maximum atomic E-state index is 12.7. The molecule has 1 aromatic carbocycles. The van der Waals surface area contributed by atoms with Crippen LogP contribution in [0.2, 0.25) is 0 Å². The summed E-state index contributed by atoms with van der Waals surface area (Å²) in [5, 5.41) is 3.55. The third kappa shape index (κ3) is 4.50. The first-order valence-corrected chi connectivity index (χ1v) is 8.93. The number of piperazine rings is 1. The molecular weight excluding hydrogens is 322 g/mol. The van der Waals surface area contributed by atoms with Crippen LogP contribution >= 0.6 is 12.4 Å². The molecule has 0 aromatic heterocycles. The van der Waals surface area contributed by atoms with E-state index in [9.17, 15) is 4.79 Å². The van der Waals surface area contributed by atoms with Crippen molar-refractivity contribution in [1.82, 2.24) is 15.1 Å². The van der Waals surface area contributed by atoms with Gasteiger partial charge >= 0.3 is 0 Å². The van der Waals surface area contributed by atoms with Crippen LogP contribution in [0, 0.1) is 0 Å². The van der Waals surface area contributed by atoms with E-state index in [0.29, 0.717) is 13.1 Å². The summed E-state index contributed by atoms with van der Waals surface area (Å²) in [5.74, 6) is 0.237. The van der Waals surface area contributed by atoms with E-state index in [2.05, 4.69) is 22.3 Å². The Balaban J connectivity index is 0.00000208. The van der Waals surface area contributed by atoms with Gasteiger partial charge in [-0.2, -0.15) is 0 Å². The summed E-state index contributed by atoms with van der Waals surface area (Å²) < 4.78 is 0. The zero-order valence-corrected chi connectivity index (χ0v) is 15.5. The Bertz CT molecular complexity index is 508. The van der Waals surface area contributed by atoms with Gasteiger partial charge in [0, 0.05) is 38.8 Å². The number of carbonyl (C=O) groups is 1. The summed E-state index contributed by atoms with van der Waals surface area (Å²) in [4.78, 5) is 17.0. The molecule has 1 aliphatic heterocycles. The molecule has 24 heavy (non-hydrogen) atoms. The van der Waals surface area contributed by atoms with Gasteiger partial charge in [0.05, 0.1) is 6.54 Å². The molecule has 1 spiro atoms. The highest BCUT2D eigenvalue weighted by Gasteiger charge is 2.40. The van der Waals surface area contributed by atoms with Crippen LogP contribution in [-0.2, 0) is 11.3 Å². The monoisotopic (exact) mass is 351 g/mol. The lowest BCUT2D eigenvalue weighted by atomic mass is 9.79. The molecule has 1 aromatic rings. The fraction of sp³-hybridized carbons (Fsp3) is 0.632. The van der Waals surface area contributed by atoms with E-state index in [1.165, 1.54) is 37.7 Å². The molecular formula is C19H30ClN3O. The van der Waals surface area contributed by atoms with E-state index in [1.54, 1.807) is 0 Å². The van der Waals surface area contributed by atoms with Gasteiger partial charge in [0.15, 0.2) is 0 Å². The van der Waals surface area contributed by atoms with Crippen LogP contribution < -0.4 is 5.32 Å². The van der Waals surface area contributed by atoms with Gasteiger partial charge in [-0.1, -0.05) is 49.6 Å². The summed E-state index contributed by atoms with van der Waals surface area (Å²) in [6.45, 7) is 4.29. The Hall–Kier alpha value is -1.10. The van der Waals surface area contributed by atoms with Crippen LogP contribution in [0.25, 0.3) is 0 Å². The minimum absolute atomic E-state index is 0. The van der Waals surface area contributed by atoms with Crippen molar-refractivity contribution in [2.45, 2.75) is 44.2 Å². The van der Waals surface area contributed by atoms with E-state index in [4.69, 9.17) is 0 Å². The Morgan fingerprint density at radius 3 is 2.62 bits per heavy atom. The predicted octanol–water partition coefficient (Wildman–Crippen LogP) is 2.67. The second kappa shape index (κ2) is 8.84. The fourth-order valence-electron chi connectivity index (χ4n) is 4.06. The number of hydrogen-bond donors (Lipinski definition) is 1. The summed E-state index contributed by atoms with van der Waals surface area (Å²) >= 11 is 0. The fourth-order valence-corrected chi connectivity index (χ4v) is 4.06. The molecule has 2 aliphatic rings. The summed E-state index contributed by atoms with van der Waals surface area (Å²) in [7, 11) is 1.92. The summed E-state index contributed by atoms with van der Waals surface area (Å²) in [6.07, 6.45) is 6.40. The molecule has 5 heteroatoms. The number of rotatable bonds is 4. The second-order valence-corrected chi connectivity index (χ2v) is 7.12. The highest BCUT2D eigenvalue weighted by atomic mass is 35.5. The Kier molecular flexibility index (Phi) is 7.08. The van der Waals surface area contributed by atoms with Gasteiger partial charge in [-0.05, 0) is 18.4 Å². The van der Waals surface area contributed by atoms with Crippen molar-refractivity contribution in [3.8, 4) is 0 Å². The minimum atomic E-state index is 0. The average Bonchev–Trinajstić information content (AvgIpc) is 2.59. The maximum absolute atomic E-state index is 12.7. The SMILES string of the molecule is CN(Cc1ccccc1)C(=O)CN1CCNCC12CCCCC2.Cl. The normalized spacial score (nSPS) is 20.4. The zero-order chi connectivity index (χ0) is 16.1. The first-order chi connectivity index (χ1) is 11.2. The molecule has 1 amide bonds. The van der Waals surface area contributed by atoms with E-state index in [-0.39, 0.29) is 23.9 Å². The van der Waals surface area contributed by atoms with Crippen LogP contribution in [-0.4, -0.2) is 54.5 Å². The molecule has 1 heterocycles. The van der Waals surface area contributed by atoms with Gasteiger partial charge < -0.3 is 10.2 Å². The Morgan fingerprint density at radius 2 is 1.92 bits per heavy atom. The molecule has 4 nitrogen and oxygen atoms in total. The van der Waals surface area contributed by atoms with Crippen molar-refractivity contribution in [3.05, 3.63) is 35.9 Å². The summed E-state index contributed by atoms with van der Waals surface area (Å²) in [5.41, 5.74) is 1.41. The number of likely N-dealkylation sites (N-methyl/N-ethyl adjacent to an activating group) is 1. The van der Waals surface area contributed by atoms with Crippen LogP contribution in [0.15, 0.2) is 30.3 Å². The molecule has 1 saturated carbocycles. The molecule has 1 N–H and O–H groups in total. The van der Waals surface area contributed by atoms with Crippen molar-refractivity contribution < 1.29 is 4.79 Å². The molecule has 1 saturated heterocycles. The van der Waals surface area contributed by atoms with Crippen LogP contribution in [0.4, 0.5) is 0 Å². The first-order valence-electron chi connectivity index (χ1n) is 8.93. The third-order valence-corrected chi connectivity index (χ3v) is 5.48. The first kappa shape index (κ1) is 19.2. The molecule has 2 fully saturated rings. The van der Waals surface area contributed by atoms with Crippen molar-refractivity contribution in [1.29, 1.82) is 0 Å². The Labute approximate surface area is 152 Å². The van der Waals surface area contributed by atoms with Crippen molar-refractivity contribution >= 4 is 18.3 Å². The van der Waals surface area contributed by atoms with Gasteiger partial charge in [0.1, 0.15) is 0 Å². The quantitative estimate of drug-likeness (QED) is 0.905. The highest BCUT2D eigenvalue weighted by Crippen LogP contribution is 2.34. The van der Waals surface area contributed by atoms with E-state index in [1.807, 2.05) is 30.1 Å². The topological polar surface area (TPSA) is 35.6 Å². The van der Waals surface area contributed by atoms with Crippen LogP contribution in [0.1, 0.15) is 37.7 Å². The number of amides is 1. The number of benzene rings is 1. The lowest BCUT2D eigenvalue weighted by Gasteiger charge is -2.49. The number of halogens is 1. The van der Waals surface area contributed by atoms with Gasteiger partial charge in [0.2, 0.25) is 5.91 Å². The van der Waals surface area contributed by atoms with Gasteiger partial charge in [0.25, 0.3) is 0 Å². The summed E-state index contributed by atoms with van der Waals surface area (Å²) in [6, 6.07) is 10.2. The van der Waals surface area contributed by atoms with Crippen molar-refractivity contribution in [3.63, 3.8) is 0 Å². The number of nitrogens with one attached hydrogen (secondary N) is 1. The third-order valence-electron chi connectivity index (χ3n) is 5.48. The van der Waals surface area contributed by atoms with E-state index in [0.717, 1.165) is 19.6 Å². The average molecular weight is 352 g/mol. The second-order valence-electron chi connectivity index (χ2n) is 7.12. The van der Waals surface area contributed by atoms with Crippen LogP contribution in [0.3, 0.4) is 0 Å². The highest BCUT2D eigenvalue weighted by molar-refractivity contribution is 5.85. The molecule has 0 unspecified atom stereocenters. The molecule has 3 rings (SSSR count). The number of hydrogen-bond acceptors (Lipinski definition) is 3. The van der Waals surface area contributed by atoms with Gasteiger partial charge in [-0.15, -0.1) is 12.4 Å². The number of carbonyl (C=O) groups excluding carboxylic acids is 1. The maximum Gasteiger partial charge on any atom is 0.236 e. The standard InChI is InChI=1S/C19H29N3O.ClH/c1-21(14-17-8-4-2-5-9-17)18(23)15-22-13-12-20-16-19(22)10-6-3-7-11-19;/h2,4-5,8-9,20H,3,6-7,10-16H2,1H3;1H. The molecule has 0 radical (unpaired) electrons. The van der Waals surface area contributed by atoms with Gasteiger partial charge in [-0.25, -0.2) is 0 Å². The lowest BCUT2D eigenvalue weighted by molar-refractivity contribution is -0.134. The van der Waals surface area contributed by atoms with Gasteiger partial charge in [-0.3, -0.25) is 9.69 Å². The van der Waals surface area contributed by atoms with Crippen molar-refractivity contribution in [2.24, 2.45) is 0 Å². The van der Waals surface area contributed by atoms with Crippen LogP contribution in [0.5, 0.6) is 0 Å². The smallest absolute Gasteiger partial charge is 0.236 e. The molecule has 134 valence electrons.